The monoisotopic (exact) mass is 652 g/mol. The van der Waals surface area contributed by atoms with Crippen LogP contribution in [0.1, 0.15) is 62.3 Å². The predicted octanol–water partition coefficient (Wildman–Crippen LogP) is 6.18. The van der Waals surface area contributed by atoms with Crippen molar-refractivity contribution in [3.8, 4) is 12.1 Å². The Hall–Kier alpha value is -3.81. The van der Waals surface area contributed by atoms with Crippen molar-refractivity contribution >= 4 is 39.9 Å². The van der Waals surface area contributed by atoms with Crippen molar-refractivity contribution in [2.45, 2.75) is 87.7 Å². The lowest BCUT2D eigenvalue weighted by Crippen LogP contribution is -2.55. The van der Waals surface area contributed by atoms with Crippen LogP contribution < -0.4 is 14.5 Å². The Morgan fingerprint density at radius 1 is 1.13 bits per heavy atom. The molecule has 1 aliphatic carbocycles. The SMILES string of the molecule is C=CC(=O)N1CCN(c2nc(OCC3S[C@]3(C)OC3CCCCC3)nc3c2CCN(c2cccc4cccc(C)c24)C3)C[C@@H]1CC#N. The number of hydrogen-bond acceptors (Lipinski definition) is 9. The van der Waals surface area contributed by atoms with Crippen molar-refractivity contribution in [1.29, 1.82) is 5.26 Å². The number of piperazine rings is 1. The van der Waals surface area contributed by atoms with Gasteiger partial charge in [0.15, 0.2) is 0 Å². The number of carbonyl (C=O) groups is 1. The van der Waals surface area contributed by atoms with E-state index in [1.54, 1.807) is 4.90 Å². The first kappa shape index (κ1) is 31.8. The van der Waals surface area contributed by atoms with E-state index in [-0.39, 0.29) is 28.6 Å². The van der Waals surface area contributed by atoms with E-state index in [9.17, 15) is 10.1 Å². The summed E-state index contributed by atoms with van der Waals surface area (Å²) in [6, 6.07) is 15.4. The Morgan fingerprint density at radius 2 is 1.94 bits per heavy atom. The number of nitrogens with zero attached hydrogens (tertiary/aromatic N) is 6. The van der Waals surface area contributed by atoms with Crippen molar-refractivity contribution < 1.29 is 14.3 Å². The van der Waals surface area contributed by atoms with Gasteiger partial charge in [0, 0.05) is 42.8 Å². The van der Waals surface area contributed by atoms with Gasteiger partial charge in [-0.2, -0.15) is 15.2 Å². The van der Waals surface area contributed by atoms with Crippen LogP contribution in [0.4, 0.5) is 11.5 Å². The molecule has 10 heteroatoms. The summed E-state index contributed by atoms with van der Waals surface area (Å²) in [4.78, 5) is 28.9. The number of anilines is 2. The number of hydrogen-bond donors (Lipinski definition) is 0. The van der Waals surface area contributed by atoms with Crippen LogP contribution in [0.2, 0.25) is 0 Å². The maximum atomic E-state index is 12.6. The minimum Gasteiger partial charge on any atom is -0.462 e. The Labute approximate surface area is 281 Å². The third kappa shape index (κ3) is 6.53. The average molecular weight is 653 g/mol. The Kier molecular flexibility index (Phi) is 9.03. The molecule has 246 valence electrons. The van der Waals surface area contributed by atoms with E-state index in [4.69, 9.17) is 19.4 Å². The topological polar surface area (TPSA) is 94.8 Å². The van der Waals surface area contributed by atoms with Crippen LogP contribution in [0, 0.1) is 18.3 Å². The number of ether oxygens (including phenoxy) is 2. The molecule has 7 rings (SSSR count). The molecule has 1 amide bonds. The summed E-state index contributed by atoms with van der Waals surface area (Å²) < 4.78 is 12.9. The van der Waals surface area contributed by atoms with E-state index in [2.05, 4.69) is 72.7 Å². The first-order valence-electron chi connectivity index (χ1n) is 17.0. The number of nitriles is 1. The number of benzene rings is 2. The van der Waals surface area contributed by atoms with Gasteiger partial charge in [-0.25, -0.2) is 0 Å². The van der Waals surface area contributed by atoms with Gasteiger partial charge in [0.1, 0.15) is 17.4 Å². The van der Waals surface area contributed by atoms with E-state index in [0.29, 0.717) is 44.9 Å². The quantitative estimate of drug-likeness (QED) is 0.199. The molecule has 0 spiro atoms. The number of carbonyl (C=O) groups excluding carboxylic acids is 1. The molecule has 1 aromatic heterocycles. The minimum atomic E-state index is -0.242. The maximum absolute atomic E-state index is 12.6. The molecular formula is C37H44N6O3S. The summed E-state index contributed by atoms with van der Waals surface area (Å²) in [5.41, 5.74) is 4.56. The van der Waals surface area contributed by atoms with Gasteiger partial charge in [-0.05, 0) is 56.2 Å². The van der Waals surface area contributed by atoms with E-state index in [1.165, 1.54) is 47.4 Å². The van der Waals surface area contributed by atoms with Crippen molar-refractivity contribution in [3.05, 3.63) is 65.9 Å². The summed E-state index contributed by atoms with van der Waals surface area (Å²) in [5, 5.41) is 12.3. The van der Waals surface area contributed by atoms with E-state index >= 15 is 0 Å². The van der Waals surface area contributed by atoms with Crippen LogP contribution >= 0.6 is 11.8 Å². The normalized spacial score (nSPS) is 24.5. The molecule has 3 fully saturated rings. The molecule has 3 aliphatic heterocycles. The van der Waals surface area contributed by atoms with E-state index in [1.807, 2.05) is 11.8 Å². The number of amides is 1. The smallest absolute Gasteiger partial charge is 0.318 e. The van der Waals surface area contributed by atoms with Gasteiger partial charge in [-0.1, -0.05) is 56.2 Å². The first-order valence-corrected chi connectivity index (χ1v) is 17.9. The van der Waals surface area contributed by atoms with Crippen molar-refractivity contribution in [3.63, 3.8) is 0 Å². The standard InChI is InChI=1S/C37H44N6O3S/c1-4-33(44)43-21-20-42(22-27(43)16-18-38)35-29-17-19-41(31-15-9-12-26-11-8-10-25(2)34(26)31)23-30(29)39-36(40-35)45-24-32-37(3,47-32)46-28-13-6-5-7-14-28/h4,8-12,15,27-28,32H,1,5-7,13-14,16-17,19-24H2,2-3H3/t27-,32?,37-/m0/s1. The summed E-state index contributed by atoms with van der Waals surface area (Å²) >= 11 is 1.83. The molecule has 0 bridgehead atoms. The third-order valence-corrected chi connectivity index (χ3v) is 11.7. The predicted molar refractivity (Wildman–Crippen MR) is 187 cm³/mol. The summed E-state index contributed by atoms with van der Waals surface area (Å²) in [7, 11) is 0. The van der Waals surface area contributed by atoms with Crippen LogP contribution in [0.25, 0.3) is 10.8 Å². The Balaban J connectivity index is 1.16. The maximum Gasteiger partial charge on any atom is 0.318 e. The highest BCUT2D eigenvalue weighted by molar-refractivity contribution is 8.08. The van der Waals surface area contributed by atoms with E-state index < -0.39 is 0 Å². The fourth-order valence-electron chi connectivity index (χ4n) is 7.63. The second-order valence-electron chi connectivity index (χ2n) is 13.4. The van der Waals surface area contributed by atoms with Crippen LogP contribution in [0.15, 0.2) is 49.1 Å². The number of thioether (sulfide) groups is 1. The van der Waals surface area contributed by atoms with Crippen molar-refractivity contribution in [2.24, 2.45) is 0 Å². The molecule has 0 N–H and O–H groups in total. The zero-order valence-electron chi connectivity index (χ0n) is 27.5. The molecule has 2 aromatic carbocycles. The van der Waals surface area contributed by atoms with Crippen LogP contribution in [0.5, 0.6) is 6.01 Å². The fourth-order valence-corrected chi connectivity index (χ4v) is 8.57. The molecular weight excluding hydrogens is 609 g/mol. The summed E-state index contributed by atoms with van der Waals surface area (Å²) in [6.07, 6.45) is 8.81. The number of fused-ring (bicyclic) bond motifs is 2. The van der Waals surface area contributed by atoms with Crippen LogP contribution in [-0.2, 0) is 22.5 Å². The summed E-state index contributed by atoms with van der Waals surface area (Å²) in [6.45, 7) is 11.6. The third-order valence-electron chi connectivity index (χ3n) is 10.2. The minimum absolute atomic E-state index is 0.139. The first-order chi connectivity index (χ1) is 22.9. The largest absolute Gasteiger partial charge is 0.462 e. The zero-order chi connectivity index (χ0) is 32.5. The lowest BCUT2D eigenvalue weighted by molar-refractivity contribution is -0.128. The van der Waals surface area contributed by atoms with Gasteiger partial charge in [0.05, 0.1) is 42.1 Å². The molecule has 0 radical (unpaired) electrons. The second kappa shape index (κ2) is 13.4. The van der Waals surface area contributed by atoms with Gasteiger partial charge >= 0.3 is 6.01 Å². The second-order valence-corrected chi connectivity index (χ2v) is 15.0. The molecule has 1 saturated carbocycles. The molecule has 4 heterocycles. The number of rotatable bonds is 9. The van der Waals surface area contributed by atoms with Crippen LogP contribution in [-0.4, -0.2) is 75.9 Å². The highest BCUT2D eigenvalue weighted by atomic mass is 32.2. The van der Waals surface area contributed by atoms with E-state index in [0.717, 1.165) is 42.9 Å². The van der Waals surface area contributed by atoms with Crippen LogP contribution in [0.3, 0.4) is 0 Å². The van der Waals surface area contributed by atoms with Gasteiger partial charge in [0.2, 0.25) is 5.91 Å². The number of aryl methyl sites for hydroxylation is 1. The molecule has 4 aliphatic rings. The average Bonchev–Trinajstić information content (AvgIpc) is 3.74. The Bertz CT molecular complexity index is 1700. The van der Waals surface area contributed by atoms with Crippen molar-refractivity contribution in [2.75, 3.05) is 42.6 Å². The van der Waals surface area contributed by atoms with Crippen molar-refractivity contribution in [1.82, 2.24) is 14.9 Å². The van der Waals surface area contributed by atoms with Gasteiger partial charge in [-0.3, -0.25) is 4.79 Å². The number of aromatic nitrogens is 2. The highest BCUT2D eigenvalue weighted by Gasteiger charge is 2.55. The molecule has 9 nitrogen and oxygen atoms in total. The molecule has 3 atom stereocenters. The molecule has 1 unspecified atom stereocenters. The zero-order valence-corrected chi connectivity index (χ0v) is 28.3. The summed E-state index contributed by atoms with van der Waals surface area (Å²) in [5.74, 6) is 0.720. The lowest BCUT2D eigenvalue weighted by Gasteiger charge is -2.42. The lowest BCUT2D eigenvalue weighted by atomic mass is 9.97. The highest BCUT2D eigenvalue weighted by Crippen LogP contribution is 2.55. The Morgan fingerprint density at radius 3 is 2.72 bits per heavy atom. The molecule has 3 aromatic rings. The fraction of sp³-hybridized carbons (Fsp3) is 0.514. The van der Waals surface area contributed by atoms with Gasteiger partial charge in [-0.15, -0.1) is 11.8 Å². The van der Waals surface area contributed by atoms with Gasteiger partial charge < -0.3 is 24.2 Å². The molecule has 2 saturated heterocycles. The van der Waals surface area contributed by atoms with Gasteiger partial charge in [0.25, 0.3) is 0 Å². The molecule has 47 heavy (non-hydrogen) atoms.